The lowest BCUT2D eigenvalue weighted by molar-refractivity contribution is 0.201. The first-order valence-electron chi connectivity index (χ1n) is 10.7. The fraction of sp³-hybridized carbons (Fsp3) is 0.276. The van der Waals surface area contributed by atoms with E-state index in [-0.39, 0.29) is 7.43 Å². The van der Waals surface area contributed by atoms with Gasteiger partial charge in [0.25, 0.3) is 0 Å². The predicted molar refractivity (Wildman–Crippen MR) is 138 cm³/mol. The van der Waals surface area contributed by atoms with Gasteiger partial charge in [0.1, 0.15) is 24.7 Å². The highest BCUT2D eigenvalue weighted by molar-refractivity contribution is 5.78. The van der Waals surface area contributed by atoms with Gasteiger partial charge in [0.05, 0.1) is 11.2 Å². The number of nitrogens with zero attached hydrogens (tertiary/aromatic N) is 1. The molecular weight excluding hydrogens is 394 g/mol. The molecule has 2 rings (SSSR count). The molecule has 0 aliphatic rings. The molecule has 32 heavy (non-hydrogen) atoms. The summed E-state index contributed by atoms with van der Waals surface area (Å²) in [6, 6.07) is 12.1. The number of hydrogen-bond acceptors (Lipinski definition) is 3. The van der Waals surface area contributed by atoms with E-state index in [1.165, 1.54) is 5.57 Å². The molecule has 1 aromatic heterocycles. The summed E-state index contributed by atoms with van der Waals surface area (Å²) in [6.45, 7) is 14.7. The van der Waals surface area contributed by atoms with E-state index in [9.17, 15) is 0 Å². The van der Waals surface area contributed by atoms with Crippen LogP contribution in [0.3, 0.4) is 0 Å². The Balaban J connectivity index is 0.00000512. The second-order valence-electron chi connectivity index (χ2n) is 7.05. The Hall–Kier alpha value is -3.33. The van der Waals surface area contributed by atoms with Crippen molar-refractivity contribution in [3.8, 4) is 0 Å². The highest BCUT2D eigenvalue weighted by atomic mass is 16.5. The number of fused-ring (bicyclic) bond motifs is 1. The zero-order valence-electron chi connectivity index (χ0n) is 18.9. The largest absolute Gasteiger partial charge is 0.489 e. The minimum Gasteiger partial charge on any atom is -0.489 e. The molecule has 3 nitrogen and oxygen atoms in total. The molecule has 0 aliphatic heterocycles. The van der Waals surface area contributed by atoms with Crippen LogP contribution in [0.5, 0.6) is 0 Å². The summed E-state index contributed by atoms with van der Waals surface area (Å²) in [5.74, 6) is 1.35. The summed E-state index contributed by atoms with van der Waals surface area (Å²) in [5, 5.41) is 1.12. The second kappa shape index (κ2) is 14.6. The molecule has 2 aromatic rings. The minimum absolute atomic E-state index is 0. The van der Waals surface area contributed by atoms with E-state index in [0.29, 0.717) is 24.7 Å². The van der Waals surface area contributed by atoms with Gasteiger partial charge in [-0.25, -0.2) is 4.98 Å². The highest BCUT2D eigenvalue weighted by Crippen LogP contribution is 2.16. The smallest absolute Gasteiger partial charge is 0.130 e. The van der Waals surface area contributed by atoms with E-state index < -0.39 is 0 Å². The number of rotatable bonds is 12. The molecule has 0 radical (unpaired) electrons. The number of ether oxygens (including phenoxy) is 2. The number of pyridine rings is 1. The van der Waals surface area contributed by atoms with Crippen LogP contribution in [0, 0.1) is 0 Å². The summed E-state index contributed by atoms with van der Waals surface area (Å²) >= 11 is 0. The van der Waals surface area contributed by atoms with E-state index >= 15 is 0 Å². The monoisotopic (exact) mass is 431 g/mol. The van der Waals surface area contributed by atoms with Gasteiger partial charge in [0.15, 0.2) is 0 Å². The first-order chi connectivity index (χ1) is 15.1. The normalized spacial score (nSPS) is 12.8. The Morgan fingerprint density at radius 3 is 2.34 bits per heavy atom. The predicted octanol–water partition coefficient (Wildman–Crippen LogP) is 8.24. The molecule has 1 aromatic carbocycles. The maximum absolute atomic E-state index is 5.96. The molecule has 0 atom stereocenters. The minimum atomic E-state index is 0. The van der Waals surface area contributed by atoms with Gasteiger partial charge in [-0.2, -0.15) is 0 Å². The lowest BCUT2D eigenvalue weighted by Crippen LogP contribution is -1.99. The van der Waals surface area contributed by atoms with Crippen LogP contribution >= 0.6 is 0 Å². The van der Waals surface area contributed by atoms with Crippen LogP contribution in [0.1, 0.15) is 46.7 Å². The molecule has 0 N–H and O–H groups in total. The topological polar surface area (TPSA) is 31.4 Å². The lowest BCUT2D eigenvalue weighted by atomic mass is 10.1. The number of allylic oxidation sites excluding steroid dienone is 6. The Labute approximate surface area is 194 Å². The van der Waals surface area contributed by atoms with Crippen molar-refractivity contribution in [1.82, 2.24) is 4.98 Å². The molecule has 0 spiro atoms. The fourth-order valence-corrected chi connectivity index (χ4v) is 3.01. The van der Waals surface area contributed by atoms with E-state index in [1.54, 1.807) is 6.08 Å². The van der Waals surface area contributed by atoms with Gasteiger partial charge < -0.3 is 9.47 Å². The van der Waals surface area contributed by atoms with Crippen LogP contribution in [0.4, 0.5) is 0 Å². The SMILES string of the molecule is C.C=C/C(=C\C(=C/C)CCC)CO/C(C=C)=C/C(=C\C)OCc1ccc2ccccc2n1. The highest BCUT2D eigenvalue weighted by Gasteiger charge is 2.03. The third kappa shape index (κ3) is 8.43. The molecule has 1 heterocycles. The zero-order valence-corrected chi connectivity index (χ0v) is 18.9. The molecule has 0 unspecified atom stereocenters. The average Bonchev–Trinajstić information content (AvgIpc) is 2.81. The molecule has 0 amide bonds. The molecule has 0 saturated carbocycles. The molecule has 0 aliphatic carbocycles. The van der Waals surface area contributed by atoms with Gasteiger partial charge in [-0.05, 0) is 50.1 Å². The van der Waals surface area contributed by atoms with E-state index in [4.69, 9.17) is 9.47 Å². The Morgan fingerprint density at radius 1 is 0.906 bits per heavy atom. The average molecular weight is 432 g/mol. The molecule has 0 fully saturated rings. The third-order valence-electron chi connectivity index (χ3n) is 4.76. The number of para-hydroxylation sites is 1. The van der Waals surface area contributed by atoms with Crippen LogP contribution < -0.4 is 0 Å². The van der Waals surface area contributed by atoms with Gasteiger partial charge in [0, 0.05) is 11.5 Å². The van der Waals surface area contributed by atoms with Crippen LogP contribution in [-0.2, 0) is 16.1 Å². The summed E-state index contributed by atoms with van der Waals surface area (Å²) in [4.78, 5) is 4.65. The Bertz CT molecular complexity index is 1010. The van der Waals surface area contributed by atoms with Crippen molar-refractivity contribution < 1.29 is 9.47 Å². The van der Waals surface area contributed by atoms with Crippen molar-refractivity contribution in [1.29, 1.82) is 0 Å². The lowest BCUT2D eigenvalue weighted by Gasteiger charge is -2.11. The third-order valence-corrected chi connectivity index (χ3v) is 4.76. The van der Waals surface area contributed by atoms with Crippen molar-refractivity contribution in [3.05, 3.63) is 114 Å². The number of benzene rings is 1. The summed E-state index contributed by atoms with van der Waals surface area (Å²) in [6.07, 6.45) is 13.7. The van der Waals surface area contributed by atoms with Gasteiger partial charge in [-0.3, -0.25) is 0 Å². The molecule has 170 valence electrons. The van der Waals surface area contributed by atoms with Crippen molar-refractivity contribution in [2.45, 2.75) is 47.6 Å². The Morgan fingerprint density at radius 2 is 1.69 bits per heavy atom. The molecular formula is C29H37NO2. The number of aromatic nitrogens is 1. The van der Waals surface area contributed by atoms with Gasteiger partial charge in [-0.15, -0.1) is 0 Å². The van der Waals surface area contributed by atoms with Crippen LogP contribution in [0.2, 0.25) is 0 Å². The first-order valence-corrected chi connectivity index (χ1v) is 10.7. The Kier molecular flexibility index (Phi) is 12.2. The van der Waals surface area contributed by atoms with E-state index in [1.807, 2.05) is 55.5 Å². The fourth-order valence-electron chi connectivity index (χ4n) is 3.01. The maximum Gasteiger partial charge on any atom is 0.130 e. The maximum atomic E-state index is 5.96. The summed E-state index contributed by atoms with van der Waals surface area (Å²) in [5.41, 5.74) is 4.14. The first kappa shape index (κ1) is 26.7. The van der Waals surface area contributed by atoms with E-state index in [0.717, 1.165) is 35.0 Å². The van der Waals surface area contributed by atoms with Crippen molar-refractivity contribution in [3.63, 3.8) is 0 Å². The standard InChI is InChI=1S/C28H33NO2.CH4/c1-6-13-22(7-2)18-23(8-3)20-30-26(9-4)19-27(10-5)31-21-25-17-16-24-14-11-12-15-28(24)29-25;/h7-12,14-19H,3-4,6,13,20-21H2,1-2,5H3;1H4/b22-7-,23-18+,26-19+,27-10+;. The molecule has 0 saturated heterocycles. The van der Waals surface area contributed by atoms with Gasteiger partial charge in [-0.1, -0.05) is 82.0 Å². The summed E-state index contributed by atoms with van der Waals surface area (Å²) in [7, 11) is 0. The van der Waals surface area contributed by atoms with Gasteiger partial charge >= 0.3 is 0 Å². The van der Waals surface area contributed by atoms with Crippen molar-refractivity contribution in [2.24, 2.45) is 0 Å². The zero-order chi connectivity index (χ0) is 22.5. The van der Waals surface area contributed by atoms with Crippen LogP contribution in [0.15, 0.2) is 109 Å². The summed E-state index contributed by atoms with van der Waals surface area (Å²) < 4.78 is 11.9. The van der Waals surface area contributed by atoms with Crippen LogP contribution in [0.25, 0.3) is 10.9 Å². The van der Waals surface area contributed by atoms with Crippen LogP contribution in [-0.4, -0.2) is 11.6 Å². The quantitative estimate of drug-likeness (QED) is 0.250. The molecule has 0 bridgehead atoms. The second-order valence-corrected chi connectivity index (χ2v) is 7.05. The van der Waals surface area contributed by atoms with E-state index in [2.05, 4.69) is 50.2 Å². The van der Waals surface area contributed by atoms with Gasteiger partial charge in [0.2, 0.25) is 0 Å². The molecule has 3 heteroatoms. The van der Waals surface area contributed by atoms with Crippen molar-refractivity contribution in [2.75, 3.05) is 6.61 Å². The number of hydrogen-bond donors (Lipinski definition) is 0. The van der Waals surface area contributed by atoms with Crippen molar-refractivity contribution >= 4 is 10.9 Å².